The zero-order valence-corrected chi connectivity index (χ0v) is 27.6. The zero-order chi connectivity index (χ0) is 32.2. The first-order chi connectivity index (χ1) is 21.3. The van der Waals surface area contributed by atoms with E-state index in [9.17, 15) is 35.7 Å². The van der Waals surface area contributed by atoms with E-state index in [1.165, 1.54) is 96.3 Å². The molecule has 262 valence electrons. The SMILES string of the molecule is CCCCCCCCCCCCCCCCCCSCCO[C@H]1O[C@@H](CO)[C@H](O[C@@H]2O[C@H](CO)[C@@H](O)[C@@H](O)[C@@H]2O)[C@@H](O)[C@@H]1O. The standard InChI is InChI=1S/C32H62O11S/c1-2-3-4-5-6-7-8-9-10-11-12-13-14-15-16-17-19-44-20-18-40-31-29(39)27(37)30(24(22-34)42-31)43-32-28(38)26(36)25(35)23(21-33)41-32/h23-39H,2-22H2,1H3/t23-,24+,25-,26-,27+,28+,29+,30+,31+,32+/m1/s1. The van der Waals surface area contributed by atoms with Gasteiger partial charge in [0, 0.05) is 5.75 Å². The number of aliphatic hydroxyl groups is 7. The van der Waals surface area contributed by atoms with E-state index in [2.05, 4.69) is 6.92 Å². The first-order valence-electron chi connectivity index (χ1n) is 17.1. The molecule has 2 saturated heterocycles. The topological polar surface area (TPSA) is 179 Å². The Kier molecular flexibility index (Phi) is 22.0. The zero-order valence-electron chi connectivity index (χ0n) is 26.8. The van der Waals surface area contributed by atoms with Crippen molar-refractivity contribution in [2.45, 2.75) is 171 Å². The monoisotopic (exact) mass is 654 g/mol. The van der Waals surface area contributed by atoms with Gasteiger partial charge < -0.3 is 54.7 Å². The van der Waals surface area contributed by atoms with Crippen molar-refractivity contribution in [3.8, 4) is 0 Å². The molecule has 0 aromatic heterocycles. The molecule has 0 amide bonds. The molecule has 2 fully saturated rings. The molecule has 11 nitrogen and oxygen atoms in total. The van der Waals surface area contributed by atoms with Gasteiger partial charge in [-0.05, 0) is 12.2 Å². The van der Waals surface area contributed by atoms with Gasteiger partial charge in [0.15, 0.2) is 12.6 Å². The second kappa shape index (κ2) is 24.1. The van der Waals surface area contributed by atoms with Crippen molar-refractivity contribution >= 4 is 11.8 Å². The van der Waals surface area contributed by atoms with Gasteiger partial charge in [-0.1, -0.05) is 103 Å². The fourth-order valence-corrected chi connectivity index (χ4v) is 6.60. The number of aliphatic hydroxyl groups excluding tert-OH is 7. The van der Waals surface area contributed by atoms with E-state index in [0.29, 0.717) is 5.75 Å². The number of ether oxygens (including phenoxy) is 4. The van der Waals surface area contributed by atoms with Gasteiger partial charge in [0.05, 0.1) is 19.8 Å². The highest BCUT2D eigenvalue weighted by atomic mass is 32.2. The van der Waals surface area contributed by atoms with Gasteiger partial charge in [-0.3, -0.25) is 0 Å². The van der Waals surface area contributed by atoms with Gasteiger partial charge in [-0.2, -0.15) is 11.8 Å². The van der Waals surface area contributed by atoms with E-state index in [1.54, 1.807) is 11.8 Å². The largest absolute Gasteiger partial charge is 0.394 e. The molecule has 2 heterocycles. The Labute approximate surface area is 268 Å². The van der Waals surface area contributed by atoms with E-state index >= 15 is 0 Å². The average Bonchev–Trinajstić information content (AvgIpc) is 3.03. The van der Waals surface area contributed by atoms with Crippen molar-refractivity contribution in [3.05, 3.63) is 0 Å². The highest BCUT2D eigenvalue weighted by molar-refractivity contribution is 7.99. The number of hydrogen-bond acceptors (Lipinski definition) is 12. The normalized spacial score (nSPS) is 32.7. The maximum absolute atomic E-state index is 10.7. The van der Waals surface area contributed by atoms with Crippen LogP contribution in [0.15, 0.2) is 0 Å². The molecule has 44 heavy (non-hydrogen) atoms. The van der Waals surface area contributed by atoms with Crippen LogP contribution >= 0.6 is 11.8 Å². The molecule has 7 N–H and O–H groups in total. The first kappa shape index (κ1) is 40.1. The first-order valence-corrected chi connectivity index (χ1v) is 18.3. The van der Waals surface area contributed by atoms with Crippen LogP contribution in [0.2, 0.25) is 0 Å². The van der Waals surface area contributed by atoms with Crippen molar-refractivity contribution in [2.75, 3.05) is 31.3 Å². The van der Waals surface area contributed by atoms with Crippen LogP contribution in [0.3, 0.4) is 0 Å². The van der Waals surface area contributed by atoms with Crippen LogP contribution in [-0.2, 0) is 18.9 Å². The summed E-state index contributed by atoms with van der Waals surface area (Å²) in [5.41, 5.74) is 0. The number of unbranched alkanes of at least 4 members (excludes halogenated alkanes) is 15. The molecule has 10 atom stereocenters. The molecular weight excluding hydrogens is 592 g/mol. The molecule has 0 saturated carbocycles. The van der Waals surface area contributed by atoms with Crippen molar-refractivity contribution in [3.63, 3.8) is 0 Å². The lowest BCUT2D eigenvalue weighted by atomic mass is 9.97. The highest BCUT2D eigenvalue weighted by Crippen LogP contribution is 2.29. The minimum atomic E-state index is -1.70. The lowest BCUT2D eigenvalue weighted by Gasteiger charge is -2.45. The van der Waals surface area contributed by atoms with Crippen molar-refractivity contribution in [2.24, 2.45) is 0 Å². The molecule has 0 radical (unpaired) electrons. The third kappa shape index (κ3) is 14.4. The molecule has 0 unspecified atom stereocenters. The van der Waals surface area contributed by atoms with Crippen LogP contribution in [0.4, 0.5) is 0 Å². The fourth-order valence-electron chi connectivity index (χ4n) is 5.77. The van der Waals surface area contributed by atoms with Crippen LogP contribution in [0, 0.1) is 0 Å². The molecule has 12 heteroatoms. The second-order valence-corrected chi connectivity index (χ2v) is 13.5. The van der Waals surface area contributed by atoms with E-state index in [-0.39, 0.29) is 6.61 Å². The Hall–Kier alpha value is -0.0900. The lowest BCUT2D eigenvalue weighted by molar-refractivity contribution is -0.359. The van der Waals surface area contributed by atoms with Crippen LogP contribution in [-0.4, -0.2) is 128 Å². The predicted molar refractivity (Wildman–Crippen MR) is 169 cm³/mol. The minimum Gasteiger partial charge on any atom is -0.394 e. The van der Waals surface area contributed by atoms with Gasteiger partial charge in [0.25, 0.3) is 0 Å². The van der Waals surface area contributed by atoms with Crippen molar-refractivity contribution in [1.29, 1.82) is 0 Å². The van der Waals surface area contributed by atoms with Gasteiger partial charge in [0.2, 0.25) is 0 Å². The number of rotatable bonds is 25. The Morgan fingerprint density at radius 2 is 1.00 bits per heavy atom. The molecule has 0 spiro atoms. The number of thioether (sulfide) groups is 1. The lowest BCUT2D eigenvalue weighted by Crippen LogP contribution is -2.64. The van der Waals surface area contributed by atoms with Crippen LogP contribution in [0.5, 0.6) is 0 Å². The minimum absolute atomic E-state index is 0.286. The predicted octanol–water partition coefficient (Wildman–Crippen LogP) is 2.62. The second-order valence-electron chi connectivity index (χ2n) is 12.3. The Morgan fingerprint density at radius 3 is 1.52 bits per heavy atom. The molecule has 0 aliphatic carbocycles. The number of hydrogen-bond donors (Lipinski definition) is 7. The van der Waals surface area contributed by atoms with Crippen LogP contribution in [0.1, 0.15) is 110 Å². The molecule has 0 aromatic rings. The fraction of sp³-hybridized carbons (Fsp3) is 1.00. The maximum atomic E-state index is 10.7. The molecule has 2 aliphatic heterocycles. The highest BCUT2D eigenvalue weighted by Gasteiger charge is 2.50. The third-order valence-corrected chi connectivity index (χ3v) is 9.65. The summed E-state index contributed by atoms with van der Waals surface area (Å²) in [6.45, 7) is 1.32. The summed E-state index contributed by atoms with van der Waals surface area (Å²) < 4.78 is 22.2. The molecule has 2 aliphatic rings. The summed E-state index contributed by atoms with van der Waals surface area (Å²) in [6.07, 6.45) is 7.12. The van der Waals surface area contributed by atoms with E-state index in [1.807, 2.05) is 0 Å². The van der Waals surface area contributed by atoms with Gasteiger partial charge in [-0.25, -0.2) is 0 Å². The van der Waals surface area contributed by atoms with Crippen molar-refractivity contribution in [1.82, 2.24) is 0 Å². The van der Waals surface area contributed by atoms with Gasteiger partial charge in [-0.15, -0.1) is 0 Å². The van der Waals surface area contributed by atoms with E-state index < -0.39 is 74.6 Å². The summed E-state index contributed by atoms with van der Waals surface area (Å²) in [6, 6.07) is 0. The molecule has 0 bridgehead atoms. The van der Waals surface area contributed by atoms with E-state index in [4.69, 9.17) is 18.9 Å². The summed E-state index contributed by atoms with van der Waals surface area (Å²) in [5.74, 6) is 1.71. The van der Waals surface area contributed by atoms with E-state index in [0.717, 1.165) is 12.2 Å². The Bertz CT molecular complexity index is 689. The van der Waals surface area contributed by atoms with Crippen molar-refractivity contribution < 1.29 is 54.7 Å². The van der Waals surface area contributed by atoms with Gasteiger partial charge in [0.1, 0.15) is 48.8 Å². The van der Waals surface area contributed by atoms with Crippen LogP contribution in [0.25, 0.3) is 0 Å². The summed E-state index contributed by atoms with van der Waals surface area (Å²) >= 11 is 1.76. The average molecular weight is 655 g/mol. The Morgan fingerprint density at radius 1 is 0.523 bits per heavy atom. The summed E-state index contributed by atoms with van der Waals surface area (Å²) in [7, 11) is 0. The molecular formula is C32H62O11S. The quantitative estimate of drug-likeness (QED) is 0.0717. The van der Waals surface area contributed by atoms with Gasteiger partial charge >= 0.3 is 0 Å². The Balaban J connectivity index is 1.49. The molecule has 2 rings (SSSR count). The summed E-state index contributed by atoms with van der Waals surface area (Å²) in [5, 5.41) is 70.6. The molecule has 0 aromatic carbocycles. The smallest absolute Gasteiger partial charge is 0.187 e. The van der Waals surface area contributed by atoms with Crippen LogP contribution < -0.4 is 0 Å². The third-order valence-electron chi connectivity index (χ3n) is 8.61. The summed E-state index contributed by atoms with van der Waals surface area (Å²) in [4.78, 5) is 0. The maximum Gasteiger partial charge on any atom is 0.187 e.